The van der Waals surface area contributed by atoms with Gasteiger partial charge in [-0.05, 0) is 37.0 Å². The highest BCUT2D eigenvalue weighted by Gasteiger charge is 2.40. The Balaban J connectivity index is 2.07. The molecule has 1 saturated heterocycles. The van der Waals surface area contributed by atoms with E-state index in [2.05, 4.69) is 13.8 Å². The normalized spacial score (nSPS) is 50.7. The third-order valence-corrected chi connectivity index (χ3v) is 3.45. The molecule has 64 valence electrons. The van der Waals surface area contributed by atoms with Gasteiger partial charge in [-0.15, -0.1) is 0 Å². The first kappa shape index (κ1) is 7.60. The number of ether oxygens (including phenoxy) is 1. The van der Waals surface area contributed by atoms with Crippen LogP contribution >= 0.6 is 0 Å². The lowest BCUT2D eigenvalue weighted by atomic mass is 9.90. The number of hydrogen-bond donors (Lipinski definition) is 0. The van der Waals surface area contributed by atoms with Crippen LogP contribution < -0.4 is 0 Å². The molecule has 0 N–H and O–H groups in total. The van der Waals surface area contributed by atoms with Crippen LogP contribution in [-0.4, -0.2) is 12.7 Å². The van der Waals surface area contributed by atoms with Gasteiger partial charge < -0.3 is 4.74 Å². The van der Waals surface area contributed by atoms with E-state index in [4.69, 9.17) is 4.74 Å². The average molecular weight is 154 g/mol. The van der Waals surface area contributed by atoms with Gasteiger partial charge >= 0.3 is 0 Å². The average Bonchev–Trinajstić information content (AvgIpc) is 2.30. The summed E-state index contributed by atoms with van der Waals surface area (Å²) in [4.78, 5) is 0. The van der Waals surface area contributed by atoms with Crippen molar-refractivity contribution in [3.8, 4) is 0 Å². The molecule has 0 amide bonds. The first-order valence-electron chi connectivity index (χ1n) is 4.90. The first-order chi connectivity index (χ1) is 5.29. The fourth-order valence-corrected chi connectivity index (χ4v) is 2.92. The maximum absolute atomic E-state index is 5.78. The molecule has 1 heteroatoms. The molecule has 0 aromatic carbocycles. The third-order valence-electron chi connectivity index (χ3n) is 3.45. The molecular formula is C10H18O. The molecule has 2 aliphatic rings. The Hall–Kier alpha value is -0.0400. The molecule has 1 nitrogen and oxygen atoms in total. The summed E-state index contributed by atoms with van der Waals surface area (Å²) < 4.78 is 5.78. The molecule has 4 unspecified atom stereocenters. The Labute approximate surface area is 69.1 Å². The predicted molar refractivity (Wildman–Crippen MR) is 45.4 cm³/mol. The summed E-state index contributed by atoms with van der Waals surface area (Å²) in [5, 5.41) is 0. The van der Waals surface area contributed by atoms with Gasteiger partial charge in [-0.25, -0.2) is 0 Å². The van der Waals surface area contributed by atoms with Gasteiger partial charge in [-0.1, -0.05) is 13.8 Å². The molecule has 0 radical (unpaired) electrons. The lowest BCUT2D eigenvalue weighted by Crippen LogP contribution is -2.30. The van der Waals surface area contributed by atoms with E-state index < -0.39 is 0 Å². The Morgan fingerprint density at radius 2 is 2.00 bits per heavy atom. The molecule has 1 aliphatic heterocycles. The highest BCUT2D eigenvalue weighted by molar-refractivity contribution is 4.89. The van der Waals surface area contributed by atoms with E-state index in [9.17, 15) is 0 Å². The standard InChI is InChI=1S/C10H18O/c1-7-6-8(2)10-9(7)4-3-5-11-10/h7-10H,3-6H2,1-2H3. The molecule has 4 atom stereocenters. The Bertz CT molecular complexity index is 128. The van der Waals surface area contributed by atoms with Crippen molar-refractivity contribution in [3.63, 3.8) is 0 Å². The van der Waals surface area contributed by atoms with E-state index in [0.29, 0.717) is 6.10 Å². The van der Waals surface area contributed by atoms with E-state index in [0.717, 1.165) is 24.4 Å². The van der Waals surface area contributed by atoms with Gasteiger partial charge in [0.25, 0.3) is 0 Å². The second kappa shape index (κ2) is 2.78. The van der Waals surface area contributed by atoms with Crippen molar-refractivity contribution < 1.29 is 4.74 Å². The quantitative estimate of drug-likeness (QED) is 0.521. The van der Waals surface area contributed by atoms with Crippen molar-refractivity contribution in [1.29, 1.82) is 0 Å². The van der Waals surface area contributed by atoms with Crippen molar-refractivity contribution in [3.05, 3.63) is 0 Å². The Morgan fingerprint density at radius 1 is 1.18 bits per heavy atom. The maximum atomic E-state index is 5.78. The van der Waals surface area contributed by atoms with Crippen LogP contribution in [0.1, 0.15) is 33.1 Å². The van der Waals surface area contributed by atoms with Gasteiger partial charge in [0.15, 0.2) is 0 Å². The van der Waals surface area contributed by atoms with Gasteiger partial charge in [0, 0.05) is 6.61 Å². The molecule has 1 saturated carbocycles. The lowest BCUT2D eigenvalue weighted by Gasteiger charge is -2.29. The first-order valence-corrected chi connectivity index (χ1v) is 4.90. The fourth-order valence-electron chi connectivity index (χ4n) is 2.92. The summed E-state index contributed by atoms with van der Waals surface area (Å²) in [6, 6.07) is 0. The van der Waals surface area contributed by atoms with Crippen LogP contribution in [0.3, 0.4) is 0 Å². The summed E-state index contributed by atoms with van der Waals surface area (Å²) in [5.74, 6) is 2.62. The van der Waals surface area contributed by atoms with Gasteiger partial charge in [-0.3, -0.25) is 0 Å². The van der Waals surface area contributed by atoms with E-state index in [1.165, 1.54) is 19.3 Å². The SMILES string of the molecule is CC1CC(C)C2OCCCC12. The van der Waals surface area contributed by atoms with Crippen molar-refractivity contribution in [2.75, 3.05) is 6.61 Å². The minimum atomic E-state index is 0.610. The molecular weight excluding hydrogens is 136 g/mol. The van der Waals surface area contributed by atoms with Crippen LogP contribution in [-0.2, 0) is 4.74 Å². The largest absolute Gasteiger partial charge is 0.378 e. The van der Waals surface area contributed by atoms with Gasteiger partial charge in [0.1, 0.15) is 0 Å². The van der Waals surface area contributed by atoms with E-state index in [1.54, 1.807) is 0 Å². The minimum Gasteiger partial charge on any atom is -0.378 e. The monoisotopic (exact) mass is 154 g/mol. The smallest absolute Gasteiger partial charge is 0.0631 e. The second-order valence-corrected chi connectivity index (χ2v) is 4.33. The van der Waals surface area contributed by atoms with Crippen molar-refractivity contribution in [2.45, 2.75) is 39.2 Å². The van der Waals surface area contributed by atoms with Crippen molar-refractivity contribution in [2.24, 2.45) is 17.8 Å². The molecule has 0 aromatic heterocycles. The van der Waals surface area contributed by atoms with Crippen LogP contribution in [0, 0.1) is 17.8 Å². The number of rotatable bonds is 0. The van der Waals surface area contributed by atoms with Crippen LogP contribution in [0.2, 0.25) is 0 Å². The predicted octanol–water partition coefficient (Wildman–Crippen LogP) is 2.46. The molecule has 2 fully saturated rings. The summed E-state index contributed by atoms with van der Waals surface area (Å²) in [6.07, 6.45) is 4.70. The highest BCUT2D eigenvalue weighted by Crippen LogP contribution is 2.42. The molecule has 0 aromatic rings. The van der Waals surface area contributed by atoms with Crippen molar-refractivity contribution >= 4 is 0 Å². The maximum Gasteiger partial charge on any atom is 0.0631 e. The zero-order valence-corrected chi connectivity index (χ0v) is 7.55. The van der Waals surface area contributed by atoms with Crippen LogP contribution in [0.15, 0.2) is 0 Å². The molecule has 1 aliphatic carbocycles. The van der Waals surface area contributed by atoms with Crippen molar-refractivity contribution in [1.82, 2.24) is 0 Å². The van der Waals surface area contributed by atoms with E-state index in [-0.39, 0.29) is 0 Å². The summed E-state index contributed by atoms with van der Waals surface area (Å²) in [6.45, 7) is 5.74. The summed E-state index contributed by atoms with van der Waals surface area (Å²) in [7, 11) is 0. The lowest BCUT2D eigenvalue weighted by molar-refractivity contribution is -0.0356. The third kappa shape index (κ3) is 1.20. The zero-order chi connectivity index (χ0) is 7.84. The van der Waals surface area contributed by atoms with E-state index >= 15 is 0 Å². The van der Waals surface area contributed by atoms with Crippen LogP contribution in [0.4, 0.5) is 0 Å². The molecule has 1 heterocycles. The van der Waals surface area contributed by atoms with Gasteiger partial charge in [-0.2, -0.15) is 0 Å². The number of hydrogen-bond acceptors (Lipinski definition) is 1. The molecule has 11 heavy (non-hydrogen) atoms. The Morgan fingerprint density at radius 3 is 2.73 bits per heavy atom. The second-order valence-electron chi connectivity index (χ2n) is 4.33. The van der Waals surface area contributed by atoms with Crippen LogP contribution in [0.5, 0.6) is 0 Å². The molecule has 0 spiro atoms. The molecule has 2 rings (SSSR count). The van der Waals surface area contributed by atoms with Gasteiger partial charge in [0.05, 0.1) is 6.10 Å². The topological polar surface area (TPSA) is 9.23 Å². The van der Waals surface area contributed by atoms with Gasteiger partial charge in [0.2, 0.25) is 0 Å². The molecule has 0 bridgehead atoms. The summed E-state index contributed by atoms with van der Waals surface area (Å²) in [5.41, 5.74) is 0. The highest BCUT2D eigenvalue weighted by atomic mass is 16.5. The number of fused-ring (bicyclic) bond motifs is 1. The fraction of sp³-hybridized carbons (Fsp3) is 1.00. The summed E-state index contributed by atoms with van der Waals surface area (Å²) >= 11 is 0. The Kier molecular flexibility index (Phi) is 1.92. The minimum absolute atomic E-state index is 0.610. The van der Waals surface area contributed by atoms with Crippen LogP contribution in [0.25, 0.3) is 0 Å². The van der Waals surface area contributed by atoms with E-state index in [1.807, 2.05) is 0 Å². The zero-order valence-electron chi connectivity index (χ0n) is 7.55.